The minimum atomic E-state index is -4.46. The monoisotopic (exact) mass is 1650 g/mol. The van der Waals surface area contributed by atoms with Crippen molar-refractivity contribution in [1.29, 1.82) is 0 Å². The van der Waals surface area contributed by atoms with Gasteiger partial charge in [-0.1, -0.05) is 143 Å². The number of nitrogens with zero attached hydrogens (tertiary/aromatic N) is 4. The Kier molecular flexibility index (Phi) is 28.5. The van der Waals surface area contributed by atoms with E-state index in [-0.39, 0.29) is 50.8 Å². The Labute approximate surface area is 683 Å². The molecule has 6 aliphatic rings. The highest BCUT2D eigenvalue weighted by atomic mass is 32.2. The molecule has 20 nitrogen and oxygen atoms in total. The third-order valence-corrected chi connectivity index (χ3v) is 25.7. The third-order valence-electron chi connectivity index (χ3n) is 22.4. The van der Waals surface area contributed by atoms with Gasteiger partial charge in [-0.2, -0.15) is 38.2 Å². The molecule has 4 aliphatic heterocycles. The molecule has 4 N–H and O–H groups in total. The van der Waals surface area contributed by atoms with Crippen LogP contribution in [0.3, 0.4) is 0 Å². The molecule has 0 saturated heterocycles. The van der Waals surface area contributed by atoms with E-state index in [1.165, 1.54) is 35.9 Å². The van der Waals surface area contributed by atoms with Crippen molar-refractivity contribution in [1.82, 2.24) is 4.58 Å². The number of anilines is 2. The molecule has 0 aromatic heterocycles. The lowest BCUT2D eigenvalue weighted by molar-refractivity contribution is -0.437. The predicted octanol–water partition coefficient (Wildman–Crippen LogP) is 18.5. The molecule has 24 heteroatoms. The molecule has 1 unspecified atom stereocenters. The summed E-state index contributed by atoms with van der Waals surface area (Å²) in [6, 6.07) is 34.8. The number of ketones is 2. The summed E-state index contributed by atoms with van der Waals surface area (Å²) < 4.78 is 151. The van der Waals surface area contributed by atoms with Crippen molar-refractivity contribution >= 4 is 80.9 Å². The lowest BCUT2D eigenvalue weighted by Crippen LogP contribution is -2.30. The van der Waals surface area contributed by atoms with Gasteiger partial charge in [0.1, 0.15) is 54.2 Å². The van der Waals surface area contributed by atoms with Crippen LogP contribution in [0.4, 0.5) is 17.1 Å². The molecule has 620 valence electrons. The first-order chi connectivity index (χ1) is 53.6. The van der Waals surface area contributed by atoms with Crippen LogP contribution in [0.2, 0.25) is 0 Å². The van der Waals surface area contributed by atoms with Gasteiger partial charge in [0.2, 0.25) is 11.0 Å². The number of allylic oxidation sites excluding steroid dienone is 12. The minimum absolute atomic E-state index is 0.0710. The molecule has 115 heavy (non-hydrogen) atoms. The van der Waals surface area contributed by atoms with Gasteiger partial charge in [-0.05, 0) is 204 Å². The summed E-state index contributed by atoms with van der Waals surface area (Å²) >= 11 is 0. The Balaban J connectivity index is 0.000000272. The van der Waals surface area contributed by atoms with Crippen molar-refractivity contribution < 1.29 is 75.2 Å². The van der Waals surface area contributed by atoms with Gasteiger partial charge in [-0.3, -0.25) is 27.8 Å². The molecule has 4 aromatic rings. The van der Waals surface area contributed by atoms with E-state index in [2.05, 4.69) is 131 Å². The Hall–Kier alpha value is -8.46. The van der Waals surface area contributed by atoms with Crippen molar-refractivity contribution in [3.63, 3.8) is 0 Å². The summed E-state index contributed by atoms with van der Waals surface area (Å²) in [6.45, 7) is 36.3. The van der Waals surface area contributed by atoms with Gasteiger partial charge in [0.05, 0.1) is 32.8 Å². The Morgan fingerprint density at radius 2 is 1.16 bits per heavy atom. The molecular weight excluding hydrogens is 1530 g/mol. The summed E-state index contributed by atoms with van der Waals surface area (Å²) in [5, 5.41) is 1.14. The number of hydrogen-bond donors (Lipinski definition) is 4. The van der Waals surface area contributed by atoms with Crippen LogP contribution >= 0.6 is 0 Å². The molecule has 0 bridgehead atoms. The SMILES string of the molecule is CC(C)(C)C(=O)CCCC1(C)/C(=C\C=C2/CCCC(/C=C/C3=[N+](CCCS(=O)(=O)O)c4ccccc4C3(C)C)=C2Oc2ccc(S(=O)(=O)O)cc2)N(CCCS(=O)(=O)O)c2ccccc21.CC[N+](CC)=c1ccc2c(C(C)(C)C)cc(/C=C/C=C/C=C3/N(CCCCCC(=O)C(C)(C)C)c4ccc(S(=O)(=O)O)cc4C3(C)C)oc-2c1. The Bertz CT molecular complexity index is 5410. The molecule has 1 atom stereocenters. The first-order valence-electron chi connectivity index (χ1n) is 39.9. The van der Waals surface area contributed by atoms with E-state index >= 15 is 0 Å². The summed E-state index contributed by atoms with van der Waals surface area (Å²) in [7, 11) is -17.2. The molecule has 10 rings (SSSR count). The second-order valence-corrected chi connectivity index (χ2v) is 40.7. The normalized spacial score (nSPS) is 18.4. The van der Waals surface area contributed by atoms with E-state index in [1.54, 1.807) is 12.1 Å². The van der Waals surface area contributed by atoms with Crippen molar-refractivity contribution in [2.24, 2.45) is 10.8 Å². The molecule has 0 saturated carbocycles. The van der Waals surface area contributed by atoms with E-state index in [1.807, 2.05) is 127 Å². The number of fused-ring (bicyclic) bond motifs is 4. The van der Waals surface area contributed by atoms with E-state index in [0.29, 0.717) is 63.1 Å². The number of para-hydroxylation sites is 2. The zero-order valence-electron chi connectivity index (χ0n) is 69.7. The van der Waals surface area contributed by atoms with Gasteiger partial charge in [0.25, 0.3) is 40.5 Å². The maximum atomic E-state index is 13.1. The molecule has 4 aromatic carbocycles. The number of rotatable bonds is 30. The summed E-state index contributed by atoms with van der Waals surface area (Å²) in [6.07, 6.45) is 25.3. The fraction of sp³-hybridized carbons (Fsp3) is 0.451. The van der Waals surface area contributed by atoms with Crippen LogP contribution < -0.4 is 24.5 Å². The van der Waals surface area contributed by atoms with E-state index < -0.39 is 67.9 Å². The second-order valence-electron chi connectivity index (χ2n) is 34.7. The van der Waals surface area contributed by atoms with Crippen LogP contribution in [0.25, 0.3) is 17.4 Å². The van der Waals surface area contributed by atoms with Gasteiger partial charge in [0.15, 0.2) is 5.71 Å². The third kappa shape index (κ3) is 22.4. The zero-order valence-corrected chi connectivity index (χ0v) is 73.0. The molecule has 0 radical (unpaired) electrons. The first-order valence-corrected chi connectivity index (χ1v) is 46.0. The van der Waals surface area contributed by atoms with Gasteiger partial charge in [0, 0.05) is 106 Å². The number of hydrogen-bond acceptors (Lipinski definition) is 14. The zero-order chi connectivity index (χ0) is 84.7. The van der Waals surface area contributed by atoms with Crippen LogP contribution in [-0.2, 0) is 71.7 Å². The standard InChI is InChI=1S/C49H60N2O11S3.C42H56N2O5S/c1-47(2,3)45(52)21-12-30-49(6)40-18-8-10-20-42(40)51(32-14-34-64(56,57)58)44(49)29-23-36-16-11-15-35(46(36)62-37-24-26-38(27-25-37)65(59,60)61)22-28-43-48(4,5)39-17-7-9-19-41(39)50(43)31-13-33-63(53,54)55;1-11-43(12-2)30-22-24-33-34(40(3,4)5)28-31(49-37(33)27-30)19-15-13-16-20-38-42(9,10)35-29-32(50(46,47)48)23-25-36(35)44(38)26-18-14-17-21-39(45)41(6,7)8/h7-10,17-20,22-29H,11-16,21,30-34H2,1-6H3,(H2-,53,54,55,56,57,58,59,60,61);13,15-16,19-20,22-25,27-29H,11-12,14,17-18,21,26H2,1-10H3/p+2. The molecular formula is C91H118N4O16S4+2. The van der Waals surface area contributed by atoms with Crippen molar-refractivity contribution in [3.8, 4) is 17.1 Å². The maximum Gasteiger partial charge on any atom is 0.294 e. The number of Topliss-reactive ketones (excluding diaryl/α,β-unsaturated/α-hetero) is 2. The minimum Gasteiger partial charge on any atom is -0.457 e. The van der Waals surface area contributed by atoms with Crippen molar-refractivity contribution in [3.05, 3.63) is 226 Å². The number of unbranched alkanes of at least 4 members (excludes halogenated alkanes) is 2. The van der Waals surface area contributed by atoms with Gasteiger partial charge in [-0.25, -0.2) is 4.58 Å². The van der Waals surface area contributed by atoms with Crippen LogP contribution in [-0.4, -0.2) is 118 Å². The number of benzene rings is 5. The molecule has 4 heterocycles. The summed E-state index contributed by atoms with van der Waals surface area (Å²) in [4.78, 5) is 29.5. The van der Waals surface area contributed by atoms with Crippen LogP contribution in [0.15, 0.2) is 206 Å². The van der Waals surface area contributed by atoms with Crippen molar-refractivity contribution in [2.45, 2.75) is 219 Å². The molecule has 2 aliphatic carbocycles. The second kappa shape index (κ2) is 36.2. The Morgan fingerprint density at radius 3 is 1.78 bits per heavy atom. The Morgan fingerprint density at radius 1 is 0.565 bits per heavy atom. The number of carbonyl (C=O) groups excluding carboxylic acids is 2. The fourth-order valence-corrected chi connectivity index (χ4v) is 17.9. The topological polar surface area (TPSA) is 286 Å². The molecule has 0 spiro atoms. The smallest absolute Gasteiger partial charge is 0.294 e. The van der Waals surface area contributed by atoms with Gasteiger partial charge >= 0.3 is 0 Å². The van der Waals surface area contributed by atoms with E-state index in [9.17, 15) is 61.5 Å². The molecule has 0 amide bonds. The predicted molar refractivity (Wildman–Crippen MR) is 460 cm³/mol. The highest BCUT2D eigenvalue weighted by Crippen LogP contribution is 2.52. The molecule has 0 fully saturated rings. The highest BCUT2D eigenvalue weighted by Gasteiger charge is 2.46. The lowest BCUT2D eigenvalue weighted by atomic mass is 9.76. The number of ether oxygens (including phenoxy) is 1. The van der Waals surface area contributed by atoms with Crippen LogP contribution in [0, 0.1) is 10.8 Å². The quantitative estimate of drug-likeness (QED) is 0.0141. The number of carbonyl (C=O) groups is 2. The maximum absolute atomic E-state index is 13.1. The highest BCUT2D eigenvalue weighted by molar-refractivity contribution is 7.86. The van der Waals surface area contributed by atoms with Crippen LogP contribution in [0.1, 0.15) is 216 Å². The largest absolute Gasteiger partial charge is 0.457 e. The summed E-state index contributed by atoms with van der Waals surface area (Å²) in [5.74, 6) is 2.15. The lowest BCUT2D eigenvalue weighted by Gasteiger charge is -2.31. The first kappa shape index (κ1) is 90.5. The van der Waals surface area contributed by atoms with Gasteiger partial charge < -0.3 is 19.0 Å². The van der Waals surface area contributed by atoms with Crippen LogP contribution in [0.5, 0.6) is 5.75 Å². The van der Waals surface area contributed by atoms with E-state index in [4.69, 9.17) is 9.15 Å². The average molecular weight is 1650 g/mol. The summed E-state index contributed by atoms with van der Waals surface area (Å²) in [5.41, 5.74) is 10.1. The average Bonchev–Trinajstić information content (AvgIpc) is 1.73. The van der Waals surface area contributed by atoms with E-state index in [0.717, 1.165) is 130 Å². The van der Waals surface area contributed by atoms with Crippen molar-refractivity contribution in [2.75, 3.05) is 54.0 Å². The van der Waals surface area contributed by atoms with Gasteiger partial charge in [-0.15, -0.1) is 0 Å². The fourth-order valence-electron chi connectivity index (χ4n) is 15.9.